The maximum atomic E-state index is 12.7. The molecule has 0 amide bonds. The summed E-state index contributed by atoms with van der Waals surface area (Å²) in [5.41, 5.74) is 9.58. The Kier molecular flexibility index (Phi) is 9.77. The molecule has 3 aliphatic rings. The monoisotopic (exact) mass is 703 g/mol. The van der Waals surface area contributed by atoms with Crippen molar-refractivity contribution < 1.29 is 54.2 Å². The zero-order chi connectivity index (χ0) is 29.9. The standard InChI is InChI=1S/C33H37IO7P/c1-5-40-42(37,41-6-2)12-8-11-38-26-13-21(3)30(22(4)14-26)24-10-7-9-23(15-24)20-39-27-16-25-17-28-31(32(28)33(35)36)29(25)19-34-18-27/h7,9-10,13-16,18-19,28H,5-6,8,11-12,17,20H2,1-4H3,(H,35,36)/q-1/t28-/m1/s1. The normalized spacial score (nSPS) is 17.7. The van der Waals surface area contributed by atoms with E-state index in [0.29, 0.717) is 44.6 Å². The summed E-state index contributed by atoms with van der Waals surface area (Å²) in [5, 5.41) is 9.38. The second kappa shape index (κ2) is 13.3. The van der Waals surface area contributed by atoms with Crippen LogP contribution in [-0.2, 0) is 29.8 Å². The van der Waals surface area contributed by atoms with E-state index >= 15 is 0 Å². The summed E-state index contributed by atoms with van der Waals surface area (Å²) in [6.07, 6.45) is 3.77. The molecular weight excluding hydrogens is 666 g/mol. The van der Waals surface area contributed by atoms with Crippen LogP contribution in [0.15, 0.2) is 78.7 Å². The third-order valence-electron chi connectivity index (χ3n) is 7.48. The van der Waals surface area contributed by atoms with Crippen LogP contribution in [0.1, 0.15) is 43.4 Å². The fourth-order valence-electron chi connectivity index (χ4n) is 5.73. The van der Waals surface area contributed by atoms with E-state index < -0.39 is 13.6 Å². The Morgan fingerprint density at radius 3 is 2.48 bits per heavy atom. The van der Waals surface area contributed by atoms with Crippen LogP contribution >= 0.6 is 7.60 Å². The Morgan fingerprint density at radius 2 is 1.79 bits per heavy atom. The second-order valence-corrected chi connectivity index (χ2v) is 14.7. The van der Waals surface area contributed by atoms with Gasteiger partial charge in [0.1, 0.15) is 0 Å². The van der Waals surface area contributed by atoms with Crippen LogP contribution in [0.3, 0.4) is 0 Å². The summed E-state index contributed by atoms with van der Waals surface area (Å²) in [4.78, 5) is 11.4. The van der Waals surface area contributed by atoms with Crippen LogP contribution in [0.25, 0.3) is 11.1 Å². The molecule has 0 radical (unpaired) electrons. The van der Waals surface area contributed by atoms with Crippen molar-refractivity contribution in [2.45, 2.75) is 47.1 Å². The first-order valence-electron chi connectivity index (χ1n) is 14.3. The molecule has 7 nitrogen and oxygen atoms in total. The molecule has 1 atom stereocenters. The van der Waals surface area contributed by atoms with Crippen molar-refractivity contribution >= 4 is 13.6 Å². The van der Waals surface area contributed by atoms with Crippen molar-refractivity contribution in [1.82, 2.24) is 0 Å². The summed E-state index contributed by atoms with van der Waals surface area (Å²) in [6, 6.07) is 12.5. The number of aryl methyl sites for hydroxylation is 2. The first kappa shape index (κ1) is 30.8. The van der Waals surface area contributed by atoms with Crippen molar-refractivity contribution in [3.8, 4) is 16.9 Å². The average molecular weight is 704 g/mol. The molecule has 1 fully saturated rings. The number of rotatable bonds is 14. The van der Waals surface area contributed by atoms with Gasteiger partial charge in [0.05, 0.1) is 26.0 Å². The molecule has 1 heterocycles. The van der Waals surface area contributed by atoms with Gasteiger partial charge in [-0.2, -0.15) is 0 Å². The minimum Gasteiger partial charge on any atom is -0.309 e. The van der Waals surface area contributed by atoms with Gasteiger partial charge in [0.25, 0.3) is 0 Å². The number of ether oxygens (including phenoxy) is 2. The van der Waals surface area contributed by atoms with Gasteiger partial charge < -0.3 is 9.05 Å². The van der Waals surface area contributed by atoms with Gasteiger partial charge in [-0.25, -0.2) is 0 Å². The van der Waals surface area contributed by atoms with Crippen LogP contribution < -0.4 is 25.9 Å². The summed E-state index contributed by atoms with van der Waals surface area (Å²) in [6.45, 7) is 9.41. The third kappa shape index (κ3) is 6.94. The fraction of sp³-hybridized carbons (Fsp3) is 0.364. The molecule has 2 aromatic rings. The number of carbonyl (C=O) groups is 1. The third-order valence-corrected chi connectivity index (χ3v) is 11.6. The van der Waals surface area contributed by atoms with Crippen LogP contribution in [0.4, 0.5) is 0 Å². The van der Waals surface area contributed by atoms with E-state index in [2.05, 4.69) is 52.4 Å². The van der Waals surface area contributed by atoms with E-state index in [0.717, 1.165) is 51.3 Å². The summed E-state index contributed by atoms with van der Waals surface area (Å²) in [7, 11) is -3.06. The zero-order valence-electron chi connectivity index (χ0n) is 24.4. The summed E-state index contributed by atoms with van der Waals surface area (Å²) in [5.74, 6) is 0.984. The summed E-state index contributed by atoms with van der Waals surface area (Å²) >= 11 is -0.347. The van der Waals surface area contributed by atoms with Gasteiger partial charge in [0.2, 0.25) is 0 Å². The van der Waals surface area contributed by atoms with E-state index in [9.17, 15) is 14.5 Å². The number of aliphatic carboxylic acids is 1. The van der Waals surface area contributed by atoms with E-state index in [-0.39, 0.29) is 27.1 Å². The van der Waals surface area contributed by atoms with Crippen molar-refractivity contribution in [2.75, 3.05) is 26.0 Å². The molecular formula is C33H37IO7P-. The van der Waals surface area contributed by atoms with E-state index in [1.54, 1.807) is 0 Å². The van der Waals surface area contributed by atoms with Crippen LogP contribution in [-0.4, -0.2) is 37.1 Å². The van der Waals surface area contributed by atoms with E-state index in [4.69, 9.17) is 18.5 Å². The predicted octanol–water partition coefficient (Wildman–Crippen LogP) is 4.69. The van der Waals surface area contributed by atoms with Gasteiger partial charge in [-0.3, -0.25) is 4.57 Å². The first-order chi connectivity index (χ1) is 20.2. The second-order valence-electron chi connectivity index (χ2n) is 10.5. The van der Waals surface area contributed by atoms with Gasteiger partial charge in [-0.15, -0.1) is 0 Å². The van der Waals surface area contributed by atoms with Gasteiger partial charge >= 0.3 is 199 Å². The Hall–Kier alpha value is -2.65. The maximum absolute atomic E-state index is 12.7. The minimum absolute atomic E-state index is 0.0998. The maximum Gasteiger partial charge on any atom is 0.0534 e. The SMILES string of the molecule is CCOP(=O)(CCCOc1cc(C)c(-c2cccc(COC3=C[I-]C=C4C(=C3)C[C@H]3C(C(=O)O)=C43)c2)c(C)c1)OCC. The van der Waals surface area contributed by atoms with Crippen molar-refractivity contribution in [3.05, 3.63) is 95.4 Å². The quantitative estimate of drug-likeness (QED) is 0.174. The number of carboxylic acids is 1. The molecule has 9 heteroatoms. The molecule has 1 saturated carbocycles. The van der Waals surface area contributed by atoms with E-state index in [1.165, 1.54) is 11.1 Å². The number of allylic oxidation sites excluding steroid dienone is 4. The Bertz CT molecular complexity index is 1520. The molecule has 42 heavy (non-hydrogen) atoms. The molecule has 5 rings (SSSR count). The molecule has 2 aliphatic carbocycles. The molecule has 0 spiro atoms. The molecule has 1 aliphatic heterocycles. The first-order valence-corrected chi connectivity index (χ1v) is 18.5. The molecule has 2 aromatic carbocycles. The number of carboxylic acid groups (broad SMARTS) is 1. The van der Waals surface area contributed by atoms with E-state index in [1.807, 2.05) is 26.0 Å². The van der Waals surface area contributed by atoms with Gasteiger partial charge in [-0.05, 0) is 20.3 Å². The number of fused-ring (bicyclic) bond motifs is 3. The minimum atomic E-state index is -3.06. The number of benzene rings is 2. The number of halogens is 1. The van der Waals surface area contributed by atoms with Crippen LogP contribution in [0, 0.1) is 19.8 Å². The molecule has 0 aromatic heterocycles. The summed E-state index contributed by atoms with van der Waals surface area (Å²) < 4.78 is 40.1. The van der Waals surface area contributed by atoms with Crippen LogP contribution in [0.2, 0.25) is 0 Å². The molecule has 0 bridgehead atoms. The topological polar surface area (TPSA) is 91.3 Å². The van der Waals surface area contributed by atoms with Crippen LogP contribution in [0.5, 0.6) is 5.75 Å². The van der Waals surface area contributed by atoms with Gasteiger partial charge in [0, 0.05) is 0 Å². The largest absolute Gasteiger partial charge is 0.309 e. The van der Waals surface area contributed by atoms with Crippen molar-refractivity contribution in [1.29, 1.82) is 0 Å². The fourth-order valence-corrected chi connectivity index (χ4v) is 9.35. The Morgan fingerprint density at radius 1 is 1.05 bits per heavy atom. The number of hydrogen-bond acceptors (Lipinski definition) is 6. The molecule has 0 saturated heterocycles. The molecule has 1 N–H and O–H groups in total. The zero-order valence-corrected chi connectivity index (χ0v) is 27.5. The average Bonchev–Trinajstić information content (AvgIpc) is 3.61. The molecule has 0 unspecified atom stereocenters. The van der Waals surface area contributed by atoms with Gasteiger partial charge in [0.15, 0.2) is 0 Å². The predicted molar refractivity (Wildman–Crippen MR) is 159 cm³/mol. The Labute approximate surface area is 258 Å². The van der Waals surface area contributed by atoms with Crippen molar-refractivity contribution in [2.24, 2.45) is 5.92 Å². The number of hydrogen-bond donors (Lipinski definition) is 1. The Balaban J connectivity index is 1.20. The van der Waals surface area contributed by atoms with Crippen molar-refractivity contribution in [3.63, 3.8) is 0 Å². The molecule has 224 valence electrons. The smallest absolute Gasteiger partial charge is 0.0534 e. The van der Waals surface area contributed by atoms with Gasteiger partial charge in [-0.1, -0.05) is 0 Å².